The van der Waals surface area contributed by atoms with Crippen molar-refractivity contribution in [3.05, 3.63) is 71.3 Å². The Bertz CT molecular complexity index is 1130. The van der Waals surface area contributed by atoms with Crippen LogP contribution in [0.4, 0.5) is 9.18 Å². The van der Waals surface area contributed by atoms with Gasteiger partial charge in [0.1, 0.15) is 5.82 Å². The number of aromatic nitrogens is 2. The molecule has 1 saturated heterocycles. The second-order valence-corrected chi connectivity index (χ2v) is 7.96. The zero-order chi connectivity index (χ0) is 23.9. The van der Waals surface area contributed by atoms with E-state index in [1.54, 1.807) is 48.3 Å². The average Bonchev–Trinajstić information content (AvgIpc) is 3.35. The maximum Gasteiger partial charge on any atom is 0.317 e. The number of ether oxygens (including phenoxy) is 1. The van der Waals surface area contributed by atoms with E-state index in [0.29, 0.717) is 67.7 Å². The van der Waals surface area contributed by atoms with E-state index in [4.69, 9.17) is 9.26 Å². The molecule has 2 heterocycles. The summed E-state index contributed by atoms with van der Waals surface area (Å²) in [7, 11) is 1.66. The highest BCUT2D eigenvalue weighted by atomic mass is 19.1. The average molecular weight is 468 g/mol. The minimum atomic E-state index is -0.341. The summed E-state index contributed by atoms with van der Waals surface area (Å²) >= 11 is 0. The highest BCUT2D eigenvalue weighted by Gasteiger charge is 2.19. The van der Waals surface area contributed by atoms with Gasteiger partial charge in [0.15, 0.2) is 5.82 Å². The predicted molar refractivity (Wildman–Crippen MR) is 121 cm³/mol. The van der Waals surface area contributed by atoms with Crippen LogP contribution in [0, 0.1) is 5.82 Å². The molecular weight excluding hydrogens is 441 g/mol. The van der Waals surface area contributed by atoms with Crippen LogP contribution in [-0.4, -0.2) is 71.8 Å². The summed E-state index contributed by atoms with van der Waals surface area (Å²) in [6, 6.07) is 12.8. The largest absolute Gasteiger partial charge is 0.378 e. The Hall–Kier alpha value is -3.79. The molecule has 3 aromatic rings. The van der Waals surface area contributed by atoms with Crippen LogP contribution < -0.4 is 5.32 Å². The molecular formula is C24H26FN5O4. The van der Waals surface area contributed by atoms with Gasteiger partial charge in [0.25, 0.3) is 11.8 Å². The van der Waals surface area contributed by atoms with Crippen molar-refractivity contribution in [1.82, 2.24) is 25.3 Å². The van der Waals surface area contributed by atoms with Gasteiger partial charge in [-0.15, -0.1) is 0 Å². The Morgan fingerprint density at radius 1 is 1.15 bits per heavy atom. The van der Waals surface area contributed by atoms with Gasteiger partial charge in [0.05, 0.1) is 13.2 Å². The van der Waals surface area contributed by atoms with Gasteiger partial charge in [-0.2, -0.15) is 4.98 Å². The molecule has 0 aliphatic carbocycles. The second kappa shape index (κ2) is 10.9. The number of halogens is 1. The Kier molecular flexibility index (Phi) is 7.48. The van der Waals surface area contributed by atoms with Gasteiger partial charge >= 0.3 is 6.03 Å². The fraction of sp³-hybridized carbons (Fsp3) is 0.333. The molecule has 0 radical (unpaired) electrons. The zero-order valence-electron chi connectivity index (χ0n) is 18.9. The molecule has 1 fully saturated rings. The lowest BCUT2D eigenvalue weighted by Gasteiger charge is -2.26. The SMILES string of the molecule is CN(CCc1noc(-c2ccc(C(=O)N3CCOCC3)cc2)n1)C(=O)NCc1cccc(F)c1. The highest BCUT2D eigenvalue weighted by molar-refractivity contribution is 5.94. The Balaban J connectivity index is 1.27. The van der Waals surface area contributed by atoms with Crippen molar-refractivity contribution >= 4 is 11.9 Å². The predicted octanol–water partition coefficient (Wildman–Crippen LogP) is 2.73. The molecule has 3 amide bonds. The Morgan fingerprint density at radius 2 is 1.91 bits per heavy atom. The van der Waals surface area contributed by atoms with E-state index in [0.717, 1.165) is 0 Å². The smallest absolute Gasteiger partial charge is 0.317 e. The van der Waals surface area contributed by atoms with E-state index < -0.39 is 0 Å². The minimum Gasteiger partial charge on any atom is -0.378 e. The van der Waals surface area contributed by atoms with Gasteiger partial charge in [-0.25, -0.2) is 9.18 Å². The molecule has 2 aromatic carbocycles. The molecule has 1 aromatic heterocycles. The quantitative estimate of drug-likeness (QED) is 0.574. The third kappa shape index (κ3) is 5.96. The summed E-state index contributed by atoms with van der Waals surface area (Å²) in [6.07, 6.45) is 0.404. The summed E-state index contributed by atoms with van der Waals surface area (Å²) in [6.45, 7) is 2.89. The standard InChI is InChI=1S/C24H26FN5O4/c1-29(24(32)26-16-17-3-2-4-20(25)15-17)10-9-21-27-22(34-28-21)18-5-7-19(8-6-18)23(31)30-11-13-33-14-12-30/h2-8,15H,9-14,16H2,1H3,(H,26,32). The number of hydrogen-bond donors (Lipinski definition) is 1. The number of carbonyl (C=O) groups excluding carboxylic acids is 2. The van der Waals surface area contributed by atoms with E-state index in [-0.39, 0.29) is 24.3 Å². The number of amides is 3. The van der Waals surface area contributed by atoms with Gasteiger partial charge in [0.2, 0.25) is 0 Å². The molecule has 0 bridgehead atoms. The molecule has 10 heteroatoms. The molecule has 9 nitrogen and oxygen atoms in total. The van der Waals surface area contributed by atoms with Crippen molar-refractivity contribution in [2.45, 2.75) is 13.0 Å². The van der Waals surface area contributed by atoms with Gasteiger partial charge in [-0.05, 0) is 42.0 Å². The number of urea groups is 1. The number of rotatable bonds is 7. The normalized spacial score (nSPS) is 13.5. The molecule has 1 N–H and O–H groups in total. The van der Waals surface area contributed by atoms with E-state index in [2.05, 4.69) is 15.5 Å². The lowest BCUT2D eigenvalue weighted by Crippen LogP contribution is -2.40. The van der Waals surface area contributed by atoms with Crippen LogP contribution >= 0.6 is 0 Å². The first kappa shape index (κ1) is 23.4. The molecule has 0 atom stereocenters. The van der Waals surface area contributed by atoms with Crippen molar-refractivity contribution in [1.29, 1.82) is 0 Å². The van der Waals surface area contributed by atoms with E-state index in [1.165, 1.54) is 17.0 Å². The van der Waals surface area contributed by atoms with Crippen LogP contribution in [-0.2, 0) is 17.7 Å². The molecule has 34 heavy (non-hydrogen) atoms. The first-order valence-electron chi connectivity index (χ1n) is 11.0. The number of carbonyl (C=O) groups is 2. The molecule has 0 spiro atoms. The van der Waals surface area contributed by atoms with Crippen molar-refractivity contribution in [2.75, 3.05) is 39.9 Å². The maximum absolute atomic E-state index is 13.2. The van der Waals surface area contributed by atoms with Crippen LogP contribution in [0.15, 0.2) is 53.1 Å². The summed E-state index contributed by atoms with van der Waals surface area (Å²) in [5.41, 5.74) is 1.98. The molecule has 1 aliphatic heterocycles. The van der Waals surface area contributed by atoms with Crippen molar-refractivity contribution in [3.63, 3.8) is 0 Å². The second-order valence-electron chi connectivity index (χ2n) is 7.96. The monoisotopic (exact) mass is 467 g/mol. The van der Waals surface area contributed by atoms with E-state index in [1.807, 2.05) is 0 Å². The lowest BCUT2D eigenvalue weighted by atomic mass is 10.1. The van der Waals surface area contributed by atoms with Crippen LogP contribution in [0.1, 0.15) is 21.7 Å². The number of nitrogens with one attached hydrogen (secondary N) is 1. The fourth-order valence-electron chi connectivity index (χ4n) is 3.51. The highest BCUT2D eigenvalue weighted by Crippen LogP contribution is 2.19. The number of likely N-dealkylation sites (N-methyl/N-ethyl adjacent to an activating group) is 1. The van der Waals surface area contributed by atoms with Crippen molar-refractivity contribution in [3.8, 4) is 11.5 Å². The van der Waals surface area contributed by atoms with Gasteiger partial charge in [-0.3, -0.25) is 4.79 Å². The van der Waals surface area contributed by atoms with Crippen LogP contribution in [0.2, 0.25) is 0 Å². The van der Waals surface area contributed by atoms with E-state index in [9.17, 15) is 14.0 Å². The van der Waals surface area contributed by atoms with Crippen molar-refractivity contribution < 1.29 is 23.2 Å². The van der Waals surface area contributed by atoms with E-state index >= 15 is 0 Å². The Labute approximate surface area is 196 Å². The molecule has 4 rings (SSSR count). The van der Waals surface area contributed by atoms with Crippen molar-refractivity contribution in [2.24, 2.45) is 0 Å². The summed E-state index contributed by atoms with van der Waals surface area (Å²) in [5, 5.41) is 6.73. The molecule has 0 unspecified atom stereocenters. The third-order valence-electron chi connectivity index (χ3n) is 5.50. The zero-order valence-corrected chi connectivity index (χ0v) is 18.9. The minimum absolute atomic E-state index is 0.0280. The third-order valence-corrected chi connectivity index (χ3v) is 5.50. The molecule has 178 valence electrons. The van der Waals surface area contributed by atoms with Crippen LogP contribution in [0.5, 0.6) is 0 Å². The number of benzene rings is 2. The lowest BCUT2D eigenvalue weighted by molar-refractivity contribution is 0.0303. The Morgan fingerprint density at radius 3 is 2.65 bits per heavy atom. The van der Waals surface area contributed by atoms with Gasteiger partial charge in [0, 0.05) is 50.8 Å². The number of nitrogens with zero attached hydrogens (tertiary/aromatic N) is 4. The first-order chi connectivity index (χ1) is 16.5. The number of hydrogen-bond acceptors (Lipinski definition) is 6. The summed E-state index contributed by atoms with van der Waals surface area (Å²) in [5.74, 6) is 0.443. The topological polar surface area (TPSA) is 101 Å². The van der Waals surface area contributed by atoms with Gasteiger partial charge < -0.3 is 24.4 Å². The number of morpholine rings is 1. The molecule has 1 aliphatic rings. The first-order valence-corrected chi connectivity index (χ1v) is 11.0. The summed E-state index contributed by atoms with van der Waals surface area (Å²) < 4.78 is 23.9. The fourth-order valence-corrected chi connectivity index (χ4v) is 3.51. The molecule has 0 saturated carbocycles. The summed E-state index contributed by atoms with van der Waals surface area (Å²) in [4.78, 5) is 32.5. The van der Waals surface area contributed by atoms with Gasteiger partial charge in [-0.1, -0.05) is 17.3 Å². The maximum atomic E-state index is 13.2. The van der Waals surface area contributed by atoms with Crippen LogP contribution in [0.3, 0.4) is 0 Å². The van der Waals surface area contributed by atoms with Crippen LogP contribution in [0.25, 0.3) is 11.5 Å².